The number of hydrogen-bond acceptors (Lipinski definition) is 0. The molecule has 0 spiro atoms. The van der Waals surface area contributed by atoms with Crippen LogP contribution in [0.3, 0.4) is 0 Å². The van der Waals surface area contributed by atoms with E-state index in [9.17, 15) is 0 Å². The lowest BCUT2D eigenvalue weighted by Crippen LogP contribution is -1.85. The highest BCUT2D eigenvalue weighted by molar-refractivity contribution is 14.1. The van der Waals surface area contributed by atoms with E-state index in [0.717, 1.165) is 14.8 Å². The highest BCUT2D eigenvalue weighted by Gasteiger charge is 2.03. The molecular weight excluding hydrogens is 406 g/mol. The Labute approximate surface area is 101 Å². The highest BCUT2D eigenvalue weighted by Crippen LogP contribution is 2.28. The van der Waals surface area contributed by atoms with Gasteiger partial charge in [-0.3, -0.25) is 0 Å². The Bertz CT molecular complexity index is 275. The lowest BCUT2D eigenvalue weighted by atomic mass is 10.2. The summed E-state index contributed by atoms with van der Waals surface area (Å²) in [4.78, 5) is 0. The predicted molar refractivity (Wildman–Crippen MR) is 64.5 cm³/mol. The van der Waals surface area contributed by atoms with Crippen LogP contribution in [0.5, 0.6) is 0 Å². The Morgan fingerprint density at radius 2 is 2.09 bits per heavy atom. The molecule has 0 bridgehead atoms. The van der Waals surface area contributed by atoms with Gasteiger partial charge in [0.25, 0.3) is 0 Å². The van der Waals surface area contributed by atoms with Crippen molar-refractivity contribution in [2.45, 2.75) is 5.33 Å². The van der Waals surface area contributed by atoms with Gasteiger partial charge in [-0.25, -0.2) is 0 Å². The van der Waals surface area contributed by atoms with E-state index in [1.54, 1.807) is 0 Å². The summed E-state index contributed by atoms with van der Waals surface area (Å²) >= 11 is 15.0. The second-order valence-electron chi connectivity index (χ2n) is 1.99. The molecule has 0 amide bonds. The average Bonchev–Trinajstić information content (AvgIpc) is 1.96. The molecular formula is C7H4Br2ClI. The van der Waals surface area contributed by atoms with Crippen molar-refractivity contribution < 1.29 is 0 Å². The van der Waals surface area contributed by atoms with Crippen molar-refractivity contribution in [2.75, 3.05) is 0 Å². The summed E-state index contributed by atoms with van der Waals surface area (Å²) in [5.74, 6) is 0. The van der Waals surface area contributed by atoms with Crippen molar-refractivity contribution in [1.29, 1.82) is 0 Å². The first-order valence-electron chi connectivity index (χ1n) is 2.84. The summed E-state index contributed by atoms with van der Waals surface area (Å²) in [6, 6.07) is 3.86. The number of hydrogen-bond donors (Lipinski definition) is 0. The summed E-state index contributed by atoms with van der Waals surface area (Å²) in [5, 5.41) is 1.61. The SMILES string of the molecule is Clc1cc(Br)c(I)c(CBr)c1. The Balaban J connectivity index is 3.24. The fraction of sp³-hybridized carbons (Fsp3) is 0.143. The van der Waals surface area contributed by atoms with Crippen LogP contribution in [0.4, 0.5) is 0 Å². The Morgan fingerprint density at radius 1 is 1.45 bits per heavy atom. The maximum absolute atomic E-state index is 5.85. The molecule has 0 radical (unpaired) electrons. The van der Waals surface area contributed by atoms with Crippen LogP contribution < -0.4 is 0 Å². The standard InChI is InChI=1S/C7H4Br2ClI/c8-3-4-1-5(10)2-6(9)7(4)11/h1-2H,3H2. The van der Waals surface area contributed by atoms with Crippen LogP contribution in [0.1, 0.15) is 5.56 Å². The normalized spacial score (nSPS) is 10.2. The molecule has 60 valence electrons. The van der Waals surface area contributed by atoms with Gasteiger partial charge in [-0.15, -0.1) is 0 Å². The first-order chi connectivity index (χ1) is 5.15. The van der Waals surface area contributed by atoms with Gasteiger partial charge in [0.05, 0.1) is 0 Å². The first kappa shape index (κ1) is 10.3. The Kier molecular flexibility index (Phi) is 4.15. The third kappa shape index (κ3) is 2.57. The lowest BCUT2D eigenvalue weighted by molar-refractivity contribution is 1.38. The largest absolute Gasteiger partial charge is 0.0876 e. The molecule has 0 saturated carbocycles. The molecule has 1 rings (SSSR count). The maximum atomic E-state index is 5.85. The van der Waals surface area contributed by atoms with E-state index in [1.165, 1.54) is 9.13 Å². The lowest BCUT2D eigenvalue weighted by Gasteiger charge is -2.03. The van der Waals surface area contributed by atoms with Crippen molar-refractivity contribution in [3.63, 3.8) is 0 Å². The summed E-state index contributed by atoms with van der Waals surface area (Å²) in [5.41, 5.74) is 1.21. The van der Waals surface area contributed by atoms with Crippen molar-refractivity contribution in [3.05, 3.63) is 30.8 Å². The number of rotatable bonds is 1. The van der Waals surface area contributed by atoms with E-state index in [0.29, 0.717) is 0 Å². The van der Waals surface area contributed by atoms with Crippen LogP contribution in [-0.2, 0) is 5.33 Å². The predicted octanol–water partition coefficient (Wildman–Crippen LogP) is 4.60. The summed E-state index contributed by atoms with van der Waals surface area (Å²) in [6.45, 7) is 0. The molecule has 0 aliphatic carbocycles. The zero-order valence-electron chi connectivity index (χ0n) is 5.37. The molecule has 0 N–H and O–H groups in total. The topological polar surface area (TPSA) is 0 Å². The fourth-order valence-electron chi connectivity index (χ4n) is 0.707. The zero-order valence-corrected chi connectivity index (χ0v) is 11.5. The molecule has 0 saturated heterocycles. The molecule has 4 heteroatoms. The molecule has 0 nitrogen and oxygen atoms in total. The summed E-state index contributed by atoms with van der Waals surface area (Å²) in [7, 11) is 0. The molecule has 0 aliphatic heterocycles. The number of halogens is 4. The fourth-order valence-corrected chi connectivity index (χ4v) is 3.05. The molecule has 0 fully saturated rings. The second kappa shape index (κ2) is 4.44. The smallest absolute Gasteiger partial charge is 0.0421 e. The van der Waals surface area contributed by atoms with E-state index in [2.05, 4.69) is 54.5 Å². The van der Waals surface area contributed by atoms with Crippen LogP contribution in [0.25, 0.3) is 0 Å². The molecule has 0 aliphatic rings. The van der Waals surface area contributed by atoms with Gasteiger partial charge in [0, 0.05) is 18.4 Å². The van der Waals surface area contributed by atoms with E-state index in [1.807, 2.05) is 12.1 Å². The summed E-state index contributed by atoms with van der Waals surface area (Å²) in [6.07, 6.45) is 0. The van der Waals surface area contributed by atoms with Gasteiger partial charge in [-0.1, -0.05) is 27.5 Å². The van der Waals surface area contributed by atoms with Crippen LogP contribution in [0.2, 0.25) is 5.02 Å². The quantitative estimate of drug-likeness (QED) is 0.361. The maximum Gasteiger partial charge on any atom is 0.0421 e. The minimum Gasteiger partial charge on any atom is -0.0876 e. The van der Waals surface area contributed by atoms with Crippen molar-refractivity contribution >= 4 is 66.1 Å². The van der Waals surface area contributed by atoms with E-state index < -0.39 is 0 Å². The van der Waals surface area contributed by atoms with Gasteiger partial charge in [0.2, 0.25) is 0 Å². The van der Waals surface area contributed by atoms with E-state index >= 15 is 0 Å². The minimum absolute atomic E-state index is 0.770. The van der Waals surface area contributed by atoms with Crippen molar-refractivity contribution in [1.82, 2.24) is 0 Å². The van der Waals surface area contributed by atoms with E-state index in [4.69, 9.17) is 11.6 Å². The number of alkyl halides is 1. The Morgan fingerprint density at radius 3 is 2.64 bits per heavy atom. The average molecular weight is 410 g/mol. The van der Waals surface area contributed by atoms with Gasteiger partial charge in [-0.05, 0) is 56.2 Å². The molecule has 0 atom stereocenters. The van der Waals surface area contributed by atoms with Gasteiger partial charge >= 0.3 is 0 Å². The van der Waals surface area contributed by atoms with Crippen LogP contribution in [-0.4, -0.2) is 0 Å². The highest BCUT2D eigenvalue weighted by atomic mass is 127. The Hall–Kier alpha value is 1.20. The van der Waals surface area contributed by atoms with Gasteiger partial charge in [0.1, 0.15) is 0 Å². The molecule has 11 heavy (non-hydrogen) atoms. The minimum atomic E-state index is 0.770. The molecule has 0 heterocycles. The first-order valence-corrected chi connectivity index (χ1v) is 6.21. The molecule has 1 aromatic rings. The molecule has 1 aromatic carbocycles. The van der Waals surface area contributed by atoms with Crippen LogP contribution in [0.15, 0.2) is 16.6 Å². The monoisotopic (exact) mass is 408 g/mol. The van der Waals surface area contributed by atoms with Gasteiger partial charge in [-0.2, -0.15) is 0 Å². The van der Waals surface area contributed by atoms with Gasteiger partial charge < -0.3 is 0 Å². The zero-order chi connectivity index (χ0) is 8.43. The number of benzene rings is 1. The van der Waals surface area contributed by atoms with E-state index in [-0.39, 0.29) is 0 Å². The van der Waals surface area contributed by atoms with Crippen molar-refractivity contribution in [2.24, 2.45) is 0 Å². The van der Waals surface area contributed by atoms with Crippen molar-refractivity contribution in [3.8, 4) is 0 Å². The third-order valence-electron chi connectivity index (χ3n) is 1.21. The third-order valence-corrected chi connectivity index (χ3v) is 4.68. The second-order valence-corrected chi connectivity index (χ2v) is 4.92. The van der Waals surface area contributed by atoms with Crippen LogP contribution >= 0.6 is 66.1 Å². The summed E-state index contributed by atoms with van der Waals surface area (Å²) < 4.78 is 2.27. The molecule has 0 unspecified atom stereocenters. The van der Waals surface area contributed by atoms with Gasteiger partial charge in [0.15, 0.2) is 0 Å². The van der Waals surface area contributed by atoms with Crippen LogP contribution in [0, 0.1) is 3.57 Å². The molecule has 0 aromatic heterocycles.